The van der Waals surface area contributed by atoms with Crippen LogP contribution in [0.1, 0.15) is 45.4 Å². The van der Waals surface area contributed by atoms with Crippen LogP contribution in [0.5, 0.6) is 0 Å². The quantitative estimate of drug-likeness (QED) is 0.505. The second-order valence-electron chi connectivity index (χ2n) is 5.28. The van der Waals surface area contributed by atoms with Crippen LogP contribution in [0.4, 0.5) is 0 Å². The number of aromatic amines is 1. The van der Waals surface area contributed by atoms with Crippen molar-refractivity contribution in [1.82, 2.24) is 14.8 Å². The Balaban J connectivity index is 1.98. The highest BCUT2D eigenvalue weighted by Gasteiger charge is 2.08. The van der Waals surface area contributed by atoms with Gasteiger partial charge in [0.2, 0.25) is 0 Å². The van der Waals surface area contributed by atoms with Gasteiger partial charge in [-0.1, -0.05) is 50.6 Å². The van der Waals surface area contributed by atoms with Gasteiger partial charge >= 0.3 is 0 Å². The number of halogens is 1. The standard InChI is InChI=1S/C16H22ClN3S/c1-2-3-4-5-6-7-12-20-15(18-19-16(20)21)13-8-10-14(17)11-9-13/h8-11H,2-7,12H2,1H3,(H,19,21). The molecule has 0 atom stereocenters. The highest BCUT2D eigenvalue weighted by Crippen LogP contribution is 2.20. The minimum absolute atomic E-state index is 0.688. The van der Waals surface area contributed by atoms with Crippen LogP contribution >= 0.6 is 23.8 Å². The van der Waals surface area contributed by atoms with Gasteiger partial charge in [0, 0.05) is 17.1 Å². The zero-order valence-electron chi connectivity index (χ0n) is 12.4. The van der Waals surface area contributed by atoms with Gasteiger partial charge < -0.3 is 4.57 Å². The van der Waals surface area contributed by atoms with Crippen LogP contribution in [0, 0.1) is 4.77 Å². The molecular weight excluding hydrogens is 302 g/mol. The lowest BCUT2D eigenvalue weighted by molar-refractivity contribution is 0.557. The average molecular weight is 324 g/mol. The molecule has 0 spiro atoms. The fraction of sp³-hybridized carbons (Fsp3) is 0.500. The third-order valence-corrected chi connectivity index (χ3v) is 4.16. The van der Waals surface area contributed by atoms with Crippen molar-refractivity contribution in [2.45, 2.75) is 52.0 Å². The number of nitrogens with one attached hydrogen (secondary N) is 1. The molecule has 0 amide bonds. The van der Waals surface area contributed by atoms with Crippen LogP contribution in [0.2, 0.25) is 5.02 Å². The second-order valence-corrected chi connectivity index (χ2v) is 6.10. The third-order valence-electron chi connectivity index (χ3n) is 3.60. The van der Waals surface area contributed by atoms with E-state index in [-0.39, 0.29) is 0 Å². The molecule has 0 aliphatic rings. The molecular formula is C16H22ClN3S. The molecule has 1 heterocycles. The number of rotatable bonds is 8. The predicted molar refractivity (Wildman–Crippen MR) is 91.2 cm³/mol. The average Bonchev–Trinajstić information content (AvgIpc) is 2.85. The van der Waals surface area contributed by atoms with Gasteiger partial charge in [-0.2, -0.15) is 5.10 Å². The van der Waals surface area contributed by atoms with Crippen molar-refractivity contribution in [3.05, 3.63) is 34.1 Å². The molecule has 114 valence electrons. The summed E-state index contributed by atoms with van der Waals surface area (Å²) in [7, 11) is 0. The van der Waals surface area contributed by atoms with Crippen molar-refractivity contribution in [3.63, 3.8) is 0 Å². The van der Waals surface area contributed by atoms with Crippen LogP contribution in [0.15, 0.2) is 24.3 Å². The lowest BCUT2D eigenvalue weighted by Crippen LogP contribution is -2.01. The van der Waals surface area contributed by atoms with E-state index in [2.05, 4.69) is 21.7 Å². The maximum Gasteiger partial charge on any atom is 0.195 e. The summed E-state index contributed by atoms with van der Waals surface area (Å²) in [6.45, 7) is 3.16. The first kappa shape index (κ1) is 16.2. The van der Waals surface area contributed by atoms with Crippen LogP contribution in [-0.4, -0.2) is 14.8 Å². The first-order chi connectivity index (χ1) is 10.2. The lowest BCUT2D eigenvalue weighted by Gasteiger charge is -2.07. The maximum atomic E-state index is 5.93. The molecule has 1 aromatic heterocycles. The number of hydrogen-bond acceptors (Lipinski definition) is 2. The fourth-order valence-corrected chi connectivity index (χ4v) is 2.74. The summed E-state index contributed by atoms with van der Waals surface area (Å²) in [6, 6.07) is 7.71. The minimum atomic E-state index is 0.688. The number of H-pyrrole nitrogens is 1. The number of unbranched alkanes of at least 4 members (excludes halogenated alkanes) is 5. The van der Waals surface area contributed by atoms with E-state index in [1.807, 2.05) is 24.3 Å². The molecule has 1 aromatic carbocycles. The highest BCUT2D eigenvalue weighted by molar-refractivity contribution is 7.71. The monoisotopic (exact) mass is 323 g/mol. The molecule has 21 heavy (non-hydrogen) atoms. The van der Waals surface area contributed by atoms with Gasteiger partial charge in [-0.25, -0.2) is 0 Å². The molecule has 2 rings (SSSR count). The van der Waals surface area contributed by atoms with Crippen LogP contribution < -0.4 is 0 Å². The molecule has 2 aromatic rings. The molecule has 0 saturated carbocycles. The van der Waals surface area contributed by atoms with E-state index in [1.54, 1.807) is 0 Å². The summed E-state index contributed by atoms with van der Waals surface area (Å²) in [5.41, 5.74) is 1.04. The van der Waals surface area contributed by atoms with E-state index in [0.717, 1.165) is 29.4 Å². The minimum Gasteiger partial charge on any atom is -0.300 e. The fourth-order valence-electron chi connectivity index (χ4n) is 2.39. The molecule has 0 aliphatic carbocycles. The highest BCUT2D eigenvalue weighted by atomic mass is 35.5. The number of aromatic nitrogens is 3. The van der Waals surface area contributed by atoms with Gasteiger partial charge in [0.15, 0.2) is 10.6 Å². The van der Waals surface area contributed by atoms with Crippen molar-refractivity contribution >= 4 is 23.8 Å². The van der Waals surface area contributed by atoms with Gasteiger partial charge in [-0.05, 0) is 42.9 Å². The van der Waals surface area contributed by atoms with Crippen LogP contribution in [0.3, 0.4) is 0 Å². The maximum absolute atomic E-state index is 5.93. The van der Waals surface area contributed by atoms with Gasteiger partial charge in [0.25, 0.3) is 0 Å². The molecule has 0 bridgehead atoms. The third kappa shape index (κ3) is 4.68. The Bertz CT molecular complexity index is 601. The SMILES string of the molecule is CCCCCCCCn1c(-c2ccc(Cl)cc2)n[nH]c1=S. The van der Waals surface area contributed by atoms with E-state index >= 15 is 0 Å². The largest absolute Gasteiger partial charge is 0.300 e. The summed E-state index contributed by atoms with van der Waals surface area (Å²) in [4.78, 5) is 0. The summed E-state index contributed by atoms with van der Waals surface area (Å²) >= 11 is 11.3. The summed E-state index contributed by atoms with van der Waals surface area (Å²) in [5, 5.41) is 7.97. The van der Waals surface area contributed by atoms with Crippen molar-refractivity contribution in [3.8, 4) is 11.4 Å². The Morgan fingerprint density at radius 2 is 1.76 bits per heavy atom. The molecule has 1 N–H and O–H groups in total. The van der Waals surface area contributed by atoms with Crippen molar-refractivity contribution in [2.75, 3.05) is 0 Å². The van der Waals surface area contributed by atoms with E-state index in [0.29, 0.717) is 4.77 Å². The zero-order chi connectivity index (χ0) is 15.1. The van der Waals surface area contributed by atoms with Crippen LogP contribution in [0.25, 0.3) is 11.4 Å². The smallest absolute Gasteiger partial charge is 0.195 e. The molecule has 0 radical (unpaired) electrons. The van der Waals surface area contributed by atoms with Gasteiger partial charge in [0.1, 0.15) is 0 Å². The summed E-state index contributed by atoms with van der Waals surface area (Å²) in [5.74, 6) is 0.894. The molecule has 0 saturated heterocycles. The first-order valence-electron chi connectivity index (χ1n) is 7.63. The van der Waals surface area contributed by atoms with Gasteiger partial charge in [-0.15, -0.1) is 0 Å². The van der Waals surface area contributed by atoms with E-state index in [1.165, 1.54) is 32.1 Å². The number of hydrogen-bond donors (Lipinski definition) is 1. The molecule has 3 nitrogen and oxygen atoms in total. The second kappa shape index (κ2) is 8.35. The summed E-state index contributed by atoms with van der Waals surface area (Å²) < 4.78 is 2.77. The summed E-state index contributed by atoms with van der Waals surface area (Å²) in [6.07, 6.45) is 7.63. The van der Waals surface area contributed by atoms with E-state index in [9.17, 15) is 0 Å². The molecule has 0 fully saturated rings. The normalized spacial score (nSPS) is 11.0. The van der Waals surface area contributed by atoms with Crippen molar-refractivity contribution in [2.24, 2.45) is 0 Å². The topological polar surface area (TPSA) is 33.6 Å². The van der Waals surface area contributed by atoms with Crippen LogP contribution in [-0.2, 0) is 6.54 Å². The molecule has 0 unspecified atom stereocenters. The first-order valence-corrected chi connectivity index (χ1v) is 8.42. The Kier molecular flexibility index (Phi) is 6.46. The Hall–Kier alpha value is -1.13. The van der Waals surface area contributed by atoms with Gasteiger partial charge in [0.05, 0.1) is 0 Å². The Morgan fingerprint density at radius 1 is 1.10 bits per heavy atom. The van der Waals surface area contributed by atoms with E-state index < -0.39 is 0 Å². The number of benzene rings is 1. The van der Waals surface area contributed by atoms with Crippen molar-refractivity contribution in [1.29, 1.82) is 0 Å². The van der Waals surface area contributed by atoms with Gasteiger partial charge in [-0.3, -0.25) is 5.10 Å². The molecule has 5 heteroatoms. The Morgan fingerprint density at radius 3 is 2.48 bits per heavy atom. The number of nitrogens with zero attached hydrogens (tertiary/aromatic N) is 2. The lowest BCUT2D eigenvalue weighted by atomic mass is 10.1. The Labute approximate surface area is 136 Å². The van der Waals surface area contributed by atoms with E-state index in [4.69, 9.17) is 23.8 Å². The molecule has 0 aliphatic heterocycles. The van der Waals surface area contributed by atoms with Crippen molar-refractivity contribution < 1.29 is 0 Å². The zero-order valence-corrected chi connectivity index (χ0v) is 14.0. The predicted octanol–water partition coefficient (Wildman–Crippen LogP) is 5.62.